The number of nitrogens with zero attached hydrogens (tertiary/aromatic N) is 2. The Balaban J connectivity index is 2.26. The van der Waals surface area contributed by atoms with Crippen molar-refractivity contribution in [1.29, 1.82) is 0 Å². The predicted octanol–water partition coefficient (Wildman–Crippen LogP) is 5.44. The third kappa shape index (κ3) is 8.26. The van der Waals surface area contributed by atoms with Crippen molar-refractivity contribution in [3.8, 4) is 0 Å². The summed E-state index contributed by atoms with van der Waals surface area (Å²) in [7, 11) is -3.62. The van der Waals surface area contributed by atoms with Gasteiger partial charge in [0.25, 0.3) is 0 Å². The summed E-state index contributed by atoms with van der Waals surface area (Å²) in [5, 5.41) is 3.95. The van der Waals surface area contributed by atoms with E-state index in [1.165, 1.54) is 9.21 Å². The quantitative estimate of drug-likeness (QED) is 0.364. The van der Waals surface area contributed by atoms with E-state index in [9.17, 15) is 18.0 Å². The Morgan fingerprint density at radius 2 is 1.72 bits per heavy atom. The third-order valence-electron chi connectivity index (χ3n) is 5.67. The first-order chi connectivity index (χ1) is 16.9. The number of aryl methyl sites for hydroxylation is 1. The van der Waals surface area contributed by atoms with Crippen molar-refractivity contribution in [2.75, 3.05) is 23.7 Å². The second-order valence-electron chi connectivity index (χ2n) is 8.46. The second kappa shape index (κ2) is 13.5. The van der Waals surface area contributed by atoms with Gasteiger partial charge in [-0.05, 0) is 62.1 Å². The van der Waals surface area contributed by atoms with Crippen LogP contribution in [-0.4, -0.2) is 50.5 Å². The summed E-state index contributed by atoms with van der Waals surface area (Å²) in [5.74, 6) is -0.517. The van der Waals surface area contributed by atoms with E-state index >= 15 is 0 Å². The highest BCUT2D eigenvalue weighted by atomic mass is 35.5. The molecular weight excluding hydrogens is 545 g/mol. The fraction of sp³-hybridized carbons (Fsp3) is 0.440. The molecule has 0 aromatic heterocycles. The molecule has 0 fully saturated rings. The molecule has 0 saturated heterocycles. The topological polar surface area (TPSA) is 86.8 Å². The average Bonchev–Trinajstić information content (AvgIpc) is 2.80. The Morgan fingerprint density at radius 1 is 1.03 bits per heavy atom. The smallest absolute Gasteiger partial charge is 0.242 e. The van der Waals surface area contributed by atoms with E-state index in [2.05, 4.69) is 5.32 Å². The summed E-state index contributed by atoms with van der Waals surface area (Å²) < 4.78 is 26.3. The van der Waals surface area contributed by atoms with E-state index in [1.54, 1.807) is 43.3 Å². The lowest BCUT2D eigenvalue weighted by atomic mass is 10.1. The largest absolute Gasteiger partial charge is 0.355 e. The van der Waals surface area contributed by atoms with Gasteiger partial charge in [-0.25, -0.2) is 8.42 Å². The van der Waals surface area contributed by atoms with Crippen LogP contribution in [0.1, 0.15) is 44.2 Å². The molecule has 2 amide bonds. The molecule has 1 N–H and O–H groups in total. The number of amides is 2. The molecule has 0 aliphatic heterocycles. The number of carbonyl (C=O) groups excluding carboxylic acids is 2. The fourth-order valence-electron chi connectivity index (χ4n) is 3.88. The Bertz CT molecular complexity index is 1190. The number of likely N-dealkylation sites (N-methyl/N-ethyl adjacent to an activating group) is 1. The molecule has 7 nitrogen and oxygen atoms in total. The summed E-state index contributed by atoms with van der Waals surface area (Å²) in [6.45, 7) is 6.13. The van der Waals surface area contributed by atoms with Gasteiger partial charge in [0.2, 0.25) is 21.8 Å². The zero-order chi connectivity index (χ0) is 27.0. The van der Waals surface area contributed by atoms with Crippen molar-refractivity contribution in [1.82, 2.24) is 10.2 Å². The maximum atomic E-state index is 13.4. The Morgan fingerprint density at radius 3 is 2.31 bits per heavy atom. The van der Waals surface area contributed by atoms with Gasteiger partial charge < -0.3 is 10.2 Å². The molecule has 2 rings (SSSR count). The van der Waals surface area contributed by atoms with Crippen LogP contribution in [0.3, 0.4) is 0 Å². The van der Waals surface area contributed by atoms with Crippen molar-refractivity contribution in [3.63, 3.8) is 0 Å². The van der Waals surface area contributed by atoms with Crippen LogP contribution < -0.4 is 9.62 Å². The van der Waals surface area contributed by atoms with Crippen LogP contribution in [-0.2, 0) is 26.2 Å². The highest BCUT2D eigenvalue weighted by molar-refractivity contribution is 7.92. The molecule has 198 valence electrons. The van der Waals surface area contributed by atoms with Gasteiger partial charge in [0.05, 0.1) is 22.0 Å². The standard InChI is InChI=1S/C25H32Cl3N3O4S/c1-5-22(25(33)29-6-2)30(16-18-10-12-20(27)21(28)14-18)24(32)8-7-13-31(36(4,34)35)23-15-19(26)11-9-17(23)3/h9-12,14-15,22H,5-8,13,16H2,1-4H3,(H,29,33). The van der Waals surface area contributed by atoms with Crippen LogP contribution in [0.15, 0.2) is 36.4 Å². The number of carbonyl (C=O) groups is 2. The first kappa shape index (κ1) is 30.2. The summed E-state index contributed by atoms with van der Waals surface area (Å²) in [5.41, 5.74) is 1.95. The van der Waals surface area contributed by atoms with E-state index in [4.69, 9.17) is 34.8 Å². The van der Waals surface area contributed by atoms with E-state index in [0.29, 0.717) is 33.7 Å². The second-order valence-corrected chi connectivity index (χ2v) is 11.6. The maximum absolute atomic E-state index is 13.4. The molecule has 0 saturated carbocycles. The predicted molar refractivity (Wildman–Crippen MR) is 147 cm³/mol. The minimum absolute atomic E-state index is 0.0445. The van der Waals surface area contributed by atoms with Crippen molar-refractivity contribution in [2.24, 2.45) is 0 Å². The monoisotopic (exact) mass is 575 g/mol. The van der Waals surface area contributed by atoms with E-state index in [0.717, 1.165) is 17.4 Å². The van der Waals surface area contributed by atoms with Crippen LogP contribution in [0, 0.1) is 6.92 Å². The maximum Gasteiger partial charge on any atom is 0.242 e. The van der Waals surface area contributed by atoms with Gasteiger partial charge in [-0.15, -0.1) is 0 Å². The molecule has 2 aromatic carbocycles. The van der Waals surface area contributed by atoms with Gasteiger partial charge in [-0.3, -0.25) is 13.9 Å². The highest BCUT2D eigenvalue weighted by Gasteiger charge is 2.29. The molecule has 1 unspecified atom stereocenters. The number of hydrogen-bond donors (Lipinski definition) is 1. The lowest BCUT2D eigenvalue weighted by Crippen LogP contribution is -2.49. The van der Waals surface area contributed by atoms with Gasteiger partial charge in [0, 0.05) is 31.1 Å². The van der Waals surface area contributed by atoms with Crippen LogP contribution in [0.4, 0.5) is 5.69 Å². The number of halogens is 3. The molecule has 0 aliphatic carbocycles. The number of benzene rings is 2. The summed E-state index contributed by atoms with van der Waals surface area (Å²) >= 11 is 18.3. The lowest BCUT2D eigenvalue weighted by Gasteiger charge is -2.31. The van der Waals surface area contributed by atoms with Crippen LogP contribution >= 0.6 is 34.8 Å². The van der Waals surface area contributed by atoms with E-state index in [1.807, 2.05) is 13.8 Å². The zero-order valence-corrected chi connectivity index (χ0v) is 23.9. The van der Waals surface area contributed by atoms with Crippen molar-refractivity contribution in [3.05, 3.63) is 62.6 Å². The molecule has 1 atom stereocenters. The van der Waals surface area contributed by atoms with Gasteiger partial charge in [-0.1, -0.05) is 53.9 Å². The SMILES string of the molecule is CCNC(=O)C(CC)N(Cc1ccc(Cl)c(Cl)c1)C(=O)CCCN(c1cc(Cl)ccc1C)S(C)(=O)=O. The van der Waals surface area contributed by atoms with Crippen molar-refractivity contribution >= 4 is 62.3 Å². The summed E-state index contributed by atoms with van der Waals surface area (Å²) in [4.78, 5) is 27.7. The fourth-order valence-corrected chi connectivity index (χ4v) is 5.38. The average molecular weight is 577 g/mol. The Kier molecular flexibility index (Phi) is 11.3. The molecule has 0 radical (unpaired) electrons. The highest BCUT2D eigenvalue weighted by Crippen LogP contribution is 2.27. The number of anilines is 1. The molecule has 0 heterocycles. The lowest BCUT2D eigenvalue weighted by molar-refractivity contribution is -0.141. The first-order valence-corrected chi connectivity index (χ1v) is 14.6. The first-order valence-electron chi connectivity index (χ1n) is 11.6. The molecular formula is C25H32Cl3N3O4S. The minimum atomic E-state index is -3.62. The number of hydrogen-bond acceptors (Lipinski definition) is 4. The molecule has 36 heavy (non-hydrogen) atoms. The Labute approximate surface area is 228 Å². The van der Waals surface area contributed by atoms with Crippen molar-refractivity contribution < 1.29 is 18.0 Å². The third-order valence-corrected chi connectivity index (χ3v) is 7.82. The number of nitrogens with one attached hydrogen (secondary N) is 1. The molecule has 0 bridgehead atoms. The van der Waals surface area contributed by atoms with Crippen LogP contribution in [0.5, 0.6) is 0 Å². The summed E-state index contributed by atoms with van der Waals surface area (Å²) in [6, 6.07) is 9.42. The van der Waals surface area contributed by atoms with Crippen molar-refractivity contribution in [2.45, 2.75) is 52.6 Å². The van der Waals surface area contributed by atoms with Gasteiger partial charge in [-0.2, -0.15) is 0 Å². The van der Waals surface area contributed by atoms with Gasteiger partial charge in [0.1, 0.15) is 6.04 Å². The van der Waals surface area contributed by atoms with Crippen LogP contribution in [0.25, 0.3) is 0 Å². The molecule has 2 aromatic rings. The number of sulfonamides is 1. The Hall–Kier alpha value is -2.00. The zero-order valence-electron chi connectivity index (χ0n) is 20.9. The molecule has 11 heteroatoms. The normalized spacial score (nSPS) is 12.2. The van der Waals surface area contributed by atoms with Gasteiger partial charge >= 0.3 is 0 Å². The summed E-state index contributed by atoms with van der Waals surface area (Å²) in [6.07, 6.45) is 1.83. The van der Waals surface area contributed by atoms with E-state index in [-0.39, 0.29) is 37.7 Å². The van der Waals surface area contributed by atoms with Crippen LogP contribution in [0.2, 0.25) is 15.1 Å². The van der Waals surface area contributed by atoms with E-state index < -0.39 is 16.1 Å². The van der Waals surface area contributed by atoms with Gasteiger partial charge in [0.15, 0.2) is 0 Å². The molecule has 0 aliphatic rings. The number of rotatable bonds is 12. The molecule has 0 spiro atoms. The minimum Gasteiger partial charge on any atom is -0.355 e.